The summed E-state index contributed by atoms with van der Waals surface area (Å²) in [6, 6.07) is 9.44. The van der Waals surface area contributed by atoms with E-state index in [1.807, 2.05) is 30.3 Å². The molecule has 0 spiro atoms. The van der Waals surface area contributed by atoms with Crippen molar-refractivity contribution >= 4 is 50.7 Å². The van der Waals surface area contributed by atoms with Gasteiger partial charge in [-0.05, 0) is 56.0 Å². The summed E-state index contributed by atoms with van der Waals surface area (Å²) >= 11 is 1.40. The predicted molar refractivity (Wildman–Crippen MR) is 163 cm³/mol. The van der Waals surface area contributed by atoms with E-state index < -0.39 is 0 Å². The Balaban J connectivity index is 1.19. The Morgan fingerprint density at radius 2 is 1.88 bits per heavy atom. The van der Waals surface area contributed by atoms with E-state index in [0.29, 0.717) is 51.3 Å². The normalized spacial score (nSPS) is 14.0. The number of anilines is 1. The number of pyridine rings is 3. The van der Waals surface area contributed by atoms with Crippen molar-refractivity contribution in [3.63, 3.8) is 0 Å². The maximum absolute atomic E-state index is 12.7. The fraction of sp³-hybridized carbons (Fsp3) is 0.258. The Hall–Kier alpha value is -4.77. The smallest absolute Gasteiger partial charge is 0.224 e. The molecule has 0 saturated heterocycles. The number of carbonyl (C=O) groups is 2. The molecule has 0 bridgehead atoms. The van der Waals surface area contributed by atoms with Gasteiger partial charge in [0, 0.05) is 29.8 Å². The van der Waals surface area contributed by atoms with Crippen molar-refractivity contribution in [2.24, 2.45) is 5.92 Å². The van der Waals surface area contributed by atoms with Crippen molar-refractivity contribution < 1.29 is 9.59 Å². The molecular weight excluding hydrogens is 548 g/mol. The molecule has 11 heteroatoms. The van der Waals surface area contributed by atoms with Crippen molar-refractivity contribution in [2.75, 3.05) is 5.32 Å². The van der Waals surface area contributed by atoms with Gasteiger partial charge in [-0.15, -0.1) is 11.3 Å². The number of H-pyrrole nitrogens is 2. The average Bonchev–Trinajstić information content (AvgIpc) is 3.75. The van der Waals surface area contributed by atoms with E-state index in [1.165, 1.54) is 30.6 Å². The Morgan fingerprint density at radius 1 is 1.00 bits per heavy atom. The second kappa shape index (κ2) is 10.9. The molecule has 1 aliphatic rings. The van der Waals surface area contributed by atoms with Crippen molar-refractivity contribution in [1.82, 2.24) is 35.1 Å². The second-order valence-electron chi connectivity index (χ2n) is 10.8. The lowest BCUT2D eigenvalue weighted by molar-refractivity contribution is -0.117. The first-order valence-corrected chi connectivity index (χ1v) is 14.9. The molecule has 3 N–H and O–H groups in total. The highest BCUT2D eigenvalue weighted by Crippen LogP contribution is 2.34. The number of hydrogen-bond acceptors (Lipinski definition) is 8. The fourth-order valence-corrected chi connectivity index (χ4v) is 6.55. The van der Waals surface area contributed by atoms with E-state index in [9.17, 15) is 9.59 Å². The SMILES string of the molecule is CC(=O)c1ccc(-c2nccc3[nH]c(-c4n[nH]c5cnc(-c6cncc(NC(=O)CC7CCCCC7)c6)cc45)nc23)s1. The van der Waals surface area contributed by atoms with Crippen LogP contribution in [0.25, 0.3) is 55.3 Å². The van der Waals surface area contributed by atoms with E-state index in [2.05, 4.69) is 35.5 Å². The molecule has 42 heavy (non-hydrogen) atoms. The van der Waals surface area contributed by atoms with Gasteiger partial charge in [0.05, 0.1) is 44.6 Å². The van der Waals surface area contributed by atoms with E-state index in [1.54, 1.807) is 31.7 Å². The van der Waals surface area contributed by atoms with Gasteiger partial charge in [0.25, 0.3) is 0 Å². The third-order valence-electron chi connectivity index (χ3n) is 7.78. The minimum Gasteiger partial charge on any atom is -0.336 e. The van der Waals surface area contributed by atoms with Crippen LogP contribution in [0, 0.1) is 5.92 Å². The third kappa shape index (κ3) is 5.07. The molecule has 210 valence electrons. The summed E-state index contributed by atoms with van der Waals surface area (Å²) in [6.45, 7) is 1.56. The molecule has 0 radical (unpaired) electrons. The number of fused-ring (bicyclic) bond motifs is 2. The molecule has 6 heterocycles. The number of ketones is 1. The first-order valence-electron chi connectivity index (χ1n) is 14.1. The van der Waals surface area contributed by atoms with Crippen LogP contribution in [0.4, 0.5) is 5.69 Å². The van der Waals surface area contributed by atoms with Gasteiger partial charge in [0.1, 0.15) is 16.9 Å². The predicted octanol–water partition coefficient (Wildman–Crippen LogP) is 6.80. The Bertz CT molecular complexity index is 1950. The molecule has 7 rings (SSSR count). The minimum atomic E-state index is 0.0242. The highest BCUT2D eigenvalue weighted by atomic mass is 32.1. The Morgan fingerprint density at radius 3 is 2.71 bits per heavy atom. The molecule has 6 aromatic rings. The van der Waals surface area contributed by atoms with Gasteiger partial charge in [-0.25, -0.2) is 4.98 Å². The van der Waals surface area contributed by atoms with E-state index in [-0.39, 0.29) is 11.7 Å². The first-order chi connectivity index (χ1) is 20.5. The lowest BCUT2D eigenvalue weighted by atomic mass is 9.87. The highest BCUT2D eigenvalue weighted by Gasteiger charge is 2.19. The Labute approximate surface area is 245 Å². The number of amides is 1. The number of carbonyl (C=O) groups excluding carboxylic acids is 2. The third-order valence-corrected chi connectivity index (χ3v) is 8.97. The van der Waals surface area contributed by atoms with Crippen LogP contribution in [0.2, 0.25) is 0 Å². The van der Waals surface area contributed by atoms with Gasteiger partial charge in [-0.2, -0.15) is 5.10 Å². The van der Waals surface area contributed by atoms with Crippen LogP contribution in [0.1, 0.15) is 55.1 Å². The summed E-state index contributed by atoms with van der Waals surface area (Å²) in [4.78, 5) is 47.9. The average molecular weight is 577 g/mol. The van der Waals surface area contributed by atoms with Crippen molar-refractivity contribution in [1.29, 1.82) is 0 Å². The minimum absolute atomic E-state index is 0.0242. The Kier molecular flexibility index (Phi) is 6.79. The standard InChI is InChI=1S/C31H28N8O2S/c1-17(40)25-7-8-26(42-25)30-29-22(9-10-33-30)36-31(37-29)28-21-13-23(34-16-24(21)38-39-28)19-12-20(15-32-14-19)35-27(41)11-18-5-3-2-4-6-18/h7-10,12-16,18H,2-6,11H2,1H3,(H,35,41)(H,36,37)(H,38,39). The summed E-state index contributed by atoms with van der Waals surface area (Å²) < 4.78 is 0. The van der Waals surface area contributed by atoms with E-state index in [0.717, 1.165) is 39.7 Å². The molecule has 6 aromatic heterocycles. The van der Waals surface area contributed by atoms with Crippen molar-refractivity contribution in [3.05, 3.63) is 60.0 Å². The molecule has 1 amide bonds. The van der Waals surface area contributed by atoms with Crippen molar-refractivity contribution in [2.45, 2.75) is 45.4 Å². The topological polar surface area (TPSA) is 142 Å². The molecule has 0 aromatic carbocycles. The molecule has 0 aliphatic heterocycles. The molecule has 1 saturated carbocycles. The number of hydrogen-bond donors (Lipinski definition) is 3. The quantitative estimate of drug-likeness (QED) is 0.177. The van der Waals surface area contributed by atoms with Crippen LogP contribution in [0.5, 0.6) is 0 Å². The van der Waals surface area contributed by atoms with Crippen LogP contribution in [-0.4, -0.2) is 46.8 Å². The fourth-order valence-electron chi connectivity index (χ4n) is 5.65. The number of nitrogens with zero attached hydrogens (tertiary/aromatic N) is 5. The zero-order chi connectivity index (χ0) is 28.6. The second-order valence-corrected chi connectivity index (χ2v) is 11.9. The van der Waals surface area contributed by atoms with Gasteiger partial charge in [0.15, 0.2) is 11.6 Å². The molecular formula is C31H28N8O2S. The molecule has 0 atom stereocenters. The van der Waals surface area contributed by atoms with Crippen LogP contribution < -0.4 is 5.32 Å². The monoisotopic (exact) mass is 576 g/mol. The summed E-state index contributed by atoms with van der Waals surface area (Å²) in [5, 5.41) is 11.5. The highest BCUT2D eigenvalue weighted by molar-refractivity contribution is 7.17. The van der Waals surface area contributed by atoms with Gasteiger partial charge in [-0.3, -0.25) is 29.6 Å². The van der Waals surface area contributed by atoms with E-state index >= 15 is 0 Å². The van der Waals surface area contributed by atoms with Crippen LogP contribution in [-0.2, 0) is 4.79 Å². The largest absolute Gasteiger partial charge is 0.336 e. The zero-order valence-electron chi connectivity index (χ0n) is 23.0. The lowest BCUT2D eigenvalue weighted by Gasteiger charge is -2.20. The summed E-state index contributed by atoms with van der Waals surface area (Å²) in [7, 11) is 0. The number of imidazole rings is 1. The van der Waals surface area contributed by atoms with Gasteiger partial charge in [0.2, 0.25) is 5.91 Å². The summed E-state index contributed by atoms with van der Waals surface area (Å²) in [5.41, 5.74) is 5.79. The zero-order valence-corrected chi connectivity index (χ0v) is 23.8. The number of rotatable bonds is 7. The number of nitrogens with one attached hydrogen (secondary N) is 3. The number of thiophene rings is 1. The van der Waals surface area contributed by atoms with Gasteiger partial charge in [-0.1, -0.05) is 19.3 Å². The summed E-state index contributed by atoms with van der Waals surface area (Å²) in [5.74, 6) is 1.11. The van der Waals surface area contributed by atoms with E-state index in [4.69, 9.17) is 4.98 Å². The molecule has 1 aliphatic carbocycles. The summed E-state index contributed by atoms with van der Waals surface area (Å²) in [6.07, 6.45) is 13.4. The first kappa shape index (κ1) is 26.1. The lowest BCUT2D eigenvalue weighted by Crippen LogP contribution is -2.18. The maximum Gasteiger partial charge on any atom is 0.224 e. The van der Waals surface area contributed by atoms with Crippen LogP contribution in [0.3, 0.4) is 0 Å². The number of Topliss-reactive ketones (excluding diaryl/α,β-unsaturated/α-hetero) is 1. The van der Waals surface area contributed by atoms with Crippen molar-refractivity contribution in [3.8, 4) is 33.3 Å². The van der Waals surface area contributed by atoms with Crippen LogP contribution in [0.15, 0.2) is 55.1 Å². The maximum atomic E-state index is 12.7. The molecule has 1 fully saturated rings. The van der Waals surface area contributed by atoms with Gasteiger partial charge >= 0.3 is 0 Å². The van der Waals surface area contributed by atoms with Gasteiger partial charge < -0.3 is 10.3 Å². The van der Waals surface area contributed by atoms with Crippen LogP contribution >= 0.6 is 11.3 Å². The number of aromatic nitrogens is 7. The molecule has 0 unspecified atom stereocenters. The number of aromatic amines is 2. The molecule has 10 nitrogen and oxygen atoms in total.